The number of benzene rings is 1. The molecule has 11 nitrogen and oxygen atoms in total. The monoisotopic (exact) mass is 482 g/mol. The summed E-state index contributed by atoms with van der Waals surface area (Å²) in [6, 6.07) is 6.29. The van der Waals surface area contributed by atoms with Gasteiger partial charge in [-0.2, -0.15) is 4.98 Å². The quantitative estimate of drug-likeness (QED) is 0.276. The van der Waals surface area contributed by atoms with Gasteiger partial charge in [-0.25, -0.2) is 10.1 Å². The van der Waals surface area contributed by atoms with E-state index in [0.29, 0.717) is 10.7 Å². The Kier molecular flexibility index (Phi) is 7.81. The van der Waals surface area contributed by atoms with E-state index in [0.717, 1.165) is 5.56 Å². The van der Waals surface area contributed by atoms with Crippen LogP contribution in [0.5, 0.6) is 0 Å². The average Bonchev–Trinajstić information content (AvgIpc) is 3.13. The van der Waals surface area contributed by atoms with Gasteiger partial charge in [-0.3, -0.25) is 19.1 Å². The second-order valence-corrected chi connectivity index (χ2v) is 9.69. The number of Topliss-reactive ketones (excluding diaryl/α,β-unsaturated/α-hetero) is 1. The summed E-state index contributed by atoms with van der Waals surface area (Å²) in [4.78, 5) is 34.0. The molecule has 3 aromatic rings. The van der Waals surface area contributed by atoms with Gasteiger partial charge in [-0.05, 0) is 31.5 Å². The van der Waals surface area contributed by atoms with Crippen LogP contribution in [0, 0.1) is 0 Å². The number of H-pyrrole nitrogens is 1. The third kappa shape index (κ3) is 6.24. The summed E-state index contributed by atoms with van der Waals surface area (Å²) in [5.74, 6) is -0.207. The van der Waals surface area contributed by atoms with Gasteiger partial charge in [0, 0.05) is 11.6 Å². The number of halogens is 1. The molecule has 1 aromatic carbocycles. The third-order valence-corrected chi connectivity index (χ3v) is 6.64. The fraction of sp³-hybridized carbons (Fsp3) is 0.368. The maximum atomic E-state index is 13.3. The van der Waals surface area contributed by atoms with Gasteiger partial charge >= 0.3 is 0 Å². The highest BCUT2D eigenvalue weighted by atomic mass is 35.5. The van der Waals surface area contributed by atoms with Gasteiger partial charge in [0.2, 0.25) is 5.95 Å². The summed E-state index contributed by atoms with van der Waals surface area (Å²) in [5, 5.41) is 3.28. The number of ether oxygens (including phenoxy) is 1. The first-order chi connectivity index (χ1) is 15.2. The number of nitrogen functional groups attached to an aromatic ring is 1. The number of aromatic amines is 1. The minimum absolute atomic E-state index is 0.0218. The zero-order chi connectivity index (χ0) is 23.3. The fourth-order valence-corrected chi connectivity index (χ4v) is 4.72. The highest BCUT2D eigenvalue weighted by Crippen LogP contribution is 2.44. The van der Waals surface area contributed by atoms with Crippen molar-refractivity contribution in [1.82, 2.24) is 24.6 Å². The largest absolute Gasteiger partial charge is 0.369 e. The Hall–Kier alpha value is -2.56. The Balaban J connectivity index is 1.63. The molecule has 32 heavy (non-hydrogen) atoms. The molecule has 3 rings (SSSR count). The number of nitrogens with zero attached hydrogens (tertiary/aromatic N) is 3. The normalized spacial score (nSPS) is 14.3. The molecular formula is C19H24ClN6O5P. The van der Waals surface area contributed by atoms with Crippen molar-refractivity contribution >= 4 is 42.0 Å². The minimum Gasteiger partial charge on any atom is -0.369 e. The molecule has 0 aliphatic carbocycles. The summed E-state index contributed by atoms with van der Waals surface area (Å²) in [5.41, 5.74) is 6.36. The Morgan fingerprint density at radius 1 is 1.44 bits per heavy atom. The van der Waals surface area contributed by atoms with Crippen molar-refractivity contribution in [2.45, 2.75) is 33.0 Å². The van der Waals surface area contributed by atoms with Gasteiger partial charge in [0.1, 0.15) is 12.1 Å². The van der Waals surface area contributed by atoms with Crippen LogP contribution < -0.4 is 16.4 Å². The SMILES string of the molecule is CC(=O)C(C)NP(=O)(COCCn1cnc2c(=O)[nH]c(N)nc21)OCc1cccc(Cl)c1. The van der Waals surface area contributed by atoms with Gasteiger partial charge < -0.3 is 19.6 Å². The molecule has 0 spiro atoms. The average molecular weight is 483 g/mol. The van der Waals surface area contributed by atoms with Crippen LogP contribution in [0.25, 0.3) is 11.2 Å². The number of imidazole rings is 1. The molecule has 0 aliphatic heterocycles. The number of anilines is 1. The van der Waals surface area contributed by atoms with E-state index < -0.39 is 19.1 Å². The van der Waals surface area contributed by atoms with Crippen LogP contribution in [-0.2, 0) is 31.8 Å². The van der Waals surface area contributed by atoms with Gasteiger partial charge in [0.25, 0.3) is 13.1 Å². The Morgan fingerprint density at radius 3 is 2.94 bits per heavy atom. The molecular weight excluding hydrogens is 459 g/mol. The molecule has 0 saturated carbocycles. The van der Waals surface area contributed by atoms with Crippen molar-refractivity contribution in [2.24, 2.45) is 0 Å². The summed E-state index contributed by atoms with van der Waals surface area (Å²) >= 11 is 5.98. The fourth-order valence-electron chi connectivity index (χ4n) is 2.79. The van der Waals surface area contributed by atoms with Crippen LogP contribution in [-0.4, -0.2) is 44.3 Å². The van der Waals surface area contributed by atoms with Crippen molar-refractivity contribution in [2.75, 3.05) is 18.7 Å². The molecule has 0 saturated heterocycles. The van der Waals surface area contributed by atoms with E-state index in [2.05, 4.69) is 20.0 Å². The summed E-state index contributed by atoms with van der Waals surface area (Å²) in [7, 11) is -3.53. The number of nitrogens with one attached hydrogen (secondary N) is 2. The molecule has 2 aromatic heterocycles. The van der Waals surface area contributed by atoms with Crippen molar-refractivity contribution < 1.29 is 18.6 Å². The number of hydrogen-bond donors (Lipinski definition) is 3. The lowest BCUT2D eigenvalue weighted by Crippen LogP contribution is -2.32. The summed E-state index contributed by atoms with van der Waals surface area (Å²) < 4.78 is 26.2. The number of carbonyl (C=O) groups is 1. The van der Waals surface area contributed by atoms with Gasteiger partial charge in [-0.1, -0.05) is 23.7 Å². The number of aromatic nitrogens is 4. The molecule has 172 valence electrons. The van der Waals surface area contributed by atoms with E-state index in [-0.39, 0.29) is 43.4 Å². The lowest BCUT2D eigenvalue weighted by atomic mass is 10.2. The molecule has 13 heteroatoms. The van der Waals surface area contributed by atoms with Crippen molar-refractivity contribution in [3.05, 3.63) is 51.5 Å². The Morgan fingerprint density at radius 2 is 2.22 bits per heavy atom. The summed E-state index contributed by atoms with van der Waals surface area (Å²) in [6.07, 6.45) is 1.18. The number of hydrogen-bond acceptors (Lipinski definition) is 8. The van der Waals surface area contributed by atoms with Crippen LogP contribution in [0.2, 0.25) is 5.02 Å². The number of fused-ring (bicyclic) bond motifs is 1. The molecule has 0 amide bonds. The molecule has 0 aliphatic rings. The number of ketones is 1. The van der Waals surface area contributed by atoms with E-state index in [1.165, 1.54) is 13.3 Å². The molecule has 0 bridgehead atoms. The smallest absolute Gasteiger partial charge is 0.295 e. The topological polar surface area (TPSA) is 154 Å². The van der Waals surface area contributed by atoms with Crippen molar-refractivity contribution in [3.8, 4) is 0 Å². The van der Waals surface area contributed by atoms with Crippen LogP contribution in [0.15, 0.2) is 35.4 Å². The molecule has 4 N–H and O–H groups in total. The van der Waals surface area contributed by atoms with Gasteiger partial charge in [0.15, 0.2) is 11.2 Å². The predicted octanol–water partition coefficient (Wildman–Crippen LogP) is 2.31. The number of rotatable bonds is 11. The lowest BCUT2D eigenvalue weighted by Gasteiger charge is -2.22. The van der Waals surface area contributed by atoms with E-state index in [1.54, 1.807) is 35.8 Å². The first kappa shape index (κ1) is 24.1. The van der Waals surface area contributed by atoms with Crippen molar-refractivity contribution in [1.29, 1.82) is 0 Å². The summed E-state index contributed by atoms with van der Waals surface area (Å²) in [6.45, 7) is 3.42. The molecule has 0 fully saturated rings. The molecule has 2 unspecified atom stereocenters. The molecule has 2 heterocycles. The van der Waals surface area contributed by atoms with E-state index in [4.69, 9.17) is 26.6 Å². The maximum Gasteiger partial charge on any atom is 0.295 e. The molecule has 2 atom stereocenters. The second kappa shape index (κ2) is 10.4. The van der Waals surface area contributed by atoms with Crippen LogP contribution in [0.1, 0.15) is 19.4 Å². The van der Waals surface area contributed by atoms with E-state index >= 15 is 0 Å². The first-order valence-electron chi connectivity index (χ1n) is 9.71. The maximum absolute atomic E-state index is 13.3. The lowest BCUT2D eigenvalue weighted by molar-refractivity contribution is -0.118. The van der Waals surface area contributed by atoms with Gasteiger partial charge in [0.05, 0.1) is 25.6 Å². The zero-order valence-corrected chi connectivity index (χ0v) is 19.2. The zero-order valence-electron chi connectivity index (χ0n) is 17.6. The number of nitrogens with two attached hydrogens (primary N) is 1. The second-order valence-electron chi connectivity index (χ2n) is 7.14. The van der Waals surface area contributed by atoms with E-state index in [1.807, 2.05) is 0 Å². The standard InChI is InChI=1S/C19H24ClN6O5P/c1-12(13(2)27)25-32(29,31-9-14-4-3-5-15(20)8-14)11-30-7-6-26-10-22-16-17(26)23-19(21)24-18(16)28/h3-5,8,10,12H,6-7,9,11H2,1-2H3,(H,25,29)(H3,21,23,24,28). The van der Waals surface area contributed by atoms with Crippen LogP contribution in [0.3, 0.4) is 0 Å². The number of carbonyl (C=O) groups excluding carboxylic acids is 1. The predicted molar refractivity (Wildman–Crippen MR) is 121 cm³/mol. The van der Waals surface area contributed by atoms with Crippen LogP contribution in [0.4, 0.5) is 5.95 Å². The van der Waals surface area contributed by atoms with Crippen LogP contribution >= 0.6 is 19.1 Å². The minimum atomic E-state index is -3.53. The van der Waals surface area contributed by atoms with Crippen molar-refractivity contribution in [3.63, 3.8) is 0 Å². The van der Waals surface area contributed by atoms with E-state index in [9.17, 15) is 14.2 Å². The highest BCUT2D eigenvalue weighted by molar-refractivity contribution is 7.56. The molecule has 0 radical (unpaired) electrons. The first-order valence-corrected chi connectivity index (χ1v) is 11.9. The Bertz CT molecular complexity index is 1210. The third-order valence-electron chi connectivity index (χ3n) is 4.56. The van der Waals surface area contributed by atoms with Gasteiger partial charge in [-0.15, -0.1) is 0 Å². The highest BCUT2D eigenvalue weighted by Gasteiger charge is 2.27. The Labute approximate surface area is 188 Å².